The van der Waals surface area contributed by atoms with E-state index < -0.39 is 11.1 Å². The topological polar surface area (TPSA) is 112 Å². The molecule has 6 rings (SSSR count). The van der Waals surface area contributed by atoms with Gasteiger partial charge in [0.1, 0.15) is 23.4 Å². The molecule has 34 heavy (non-hydrogen) atoms. The van der Waals surface area contributed by atoms with Crippen molar-refractivity contribution in [2.24, 2.45) is 11.7 Å². The van der Waals surface area contributed by atoms with Crippen LogP contribution in [0.5, 0.6) is 5.88 Å². The van der Waals surface area contributed by atoms with Crippen molar-refractivity contribution in [1.82, 2.24) is 15.0 Å². The number of carbonyl (C=O) groups excluding carboxylic acids is 1. The highest BCUT2D eigenvalue weighted by Gasteiger charge is 2.43. The molecule has 0 aromatic carbocycles. The lowest BCUT2D eigenvalue weighted by molar-refractivity contribution is -0.00220. The standard InChI is InChI=1S/C26H29N5O3/c1-4-25(2)22-16(24(32)34-25)9-10-20(31-22)30-21-11-17-18(12-28-21)23(33-15-7-8-15)29-13-19(17)26(3,27)14-5-6-14/h9-15H,4-8,27H2,1-3H3,(H,28,30,31)/t25-,26-/m1/s1. The van der Waals surface area contributed by atoms with Gasteiger partial charge in [-0.2, -0.15) is 0 Å². The lowest BCUT2D eigenvalue weighted by Gasteiger charge is -2.27. The van der Waals surface area contributed by atoms with E-state index in [1.54, 1.807) is 18.3 Å². The lowest BCUT2D eigenvalue weighted by atomic mass is 9.86. The van der Waals surface area contributed by atoms with Crippen molar-refractivity contribution in [3.8, 4) is 5.88 Å². The molecular weight excluding hydrogens is 430 g/mol. The number of carbonyl (C=O) groups is 1. The summed E-state index contributed by atoms with van der Waals surface area (Å²) in [5.41, 5.74) is 7.78. The number of aromatic nitrogens is 3. The number of hydrogen-bond donors (Lipinski definition) is 2. The molecule has 3 aromatic rings. The molecule has 3 aromatic heterocycles. The molecule has 3 N–H and O–H groups in total. The summed E-state index contributed by atoms with van der Waals surface area (Å²) in [6.45, 7) is 5.96. The third kappa shape index (κ3) is 3.48. The summed E-state index contributed by atoms with van der Waals surface area (Å²) in [6, 6.07) is 5.53. The first-order valence-corrected chi connectivity index (χ1v) is 12.0. The Morgan fingerprint density at radius 3 is 2.68 bits per heavy atom. The van der Waals surface area contributed by atoms with E-state index in [9.17, 15) is 4.79 Å². The van der Waals surface area contributed by atoms with Crippen molar-refractivity contribution in [3.63, 3.8) is 0 Å². The minimum absolute atomic E-state index is 0.237. The molecule has 3 aliphatic rings. The van der Waals surface area contributed by atoms with Gasteiger partial charge in [-0.25, -0.2) is 19.7 Å². The van der Waals surface area contributed by atoms with E-state index in [2.05, 4.69) is 22.2 Å². The summed E-state index contributed by atoms with van der Waals surface area (Å²) in [5, 5.41) is 5.16. The number of nitrogens with zero attached hydrogens (tertiary/aromatic N) is 3. The molecule has 2 saturated carbocycles. The third-order valence-corrected chi connectivity index (χ3v) is 7.41. The minimum atomic E-state index is -0.722. The van der Waals surface area contributed by atoms with Gasteiger partial charge in [-0.15, -0.1) is 0 Å². The van der Waals surface area contributed by atoms with Gasteiger partial charge in [-0.05, 0) is 81.0 Å². The molecule has 2 fully saturated rings. The Kier molecular flexibility index (Phi) is 4.61. The van der Waals surface area contributed by atoms with Crippen molar-refractivity contribution in [3.05, 3.63) is 47.4 Å². The monoisotopic (exact) mass is 459 g/mol. The van der Waals surface area contributed by atoms with Gasteiger partial charge in [0.05, 0.1) is 10.9 Å². The first-order chi connectivity index (χ1) is 16.3. The van der Waals surface area contributed by atoms with Crippen LogP contribution in [0.2, 0.25) is 0 Å². The van der Waals surface area contributed by atoms with E-state index in [0.29, 0.717) is 41.1 Å². The highest BCUT2D eigenvalue weighted by atomic mass is 16.6. The zero-order valence-electron chi connectivity index (χ0n) is 19.7. The normalized spacial score (nSPS) is 23.4. The highest BCUT2D eigenvalue weighted by molar-refractivity contribution is 5.94. The average molecular weight is 460 g/mol. The molecule has 4 heterocycles. The fraction of sp³-hybridized carbons (Fsp3) is 0.462. The summed E-state index contributed by atoms with van der Waals surface area (Å²) >= 11 is 0. The van der Waals surface area contributed by atoms with Gasteiger partial charge in [0.15, 0.2) is 5.60 Å². The van der Waals surface area contributed by atoms with Gasteiger partial charge in [-0.1, -0.05) is 6.92 Å². The second-order valence-electron chi connectivity index (χ2n) is 10.2. The molecule has 0 radical (unpaired) electrons. The van der Waals surface area contributed by atoms with Gasteiger partial charge in [-0.3, -0.25) is 0 Å². The zero-order valence-corrected chi connectivity index (χ0v) is 19.7. The Balaban J connectivity index is 1.40. The predicted molar refractivity (Wildman–Crippen MR) is 128 cm³/mol. The Bertz CT molecular complexity index is 1320. The van der Waals surface area contributed by atoms with Crippen molar-refractivity contribution < 1.29 is 14.3 Å². The Morgan fingerprint density at radius 2 is 1.97 bits per heavy atom. The molecule has 2 aliphatic carbocycles. The summed E-state index contributed by atoms with van der Waals surface area (Å²) < 4.78 is 11.6. The van der Waals surface area contributed by atoms with E-state index in [-0.39, 0.29) is 12.1 Å². The molecular formula is C26H29N5O3. The quantitative estimate of drug-likeness (QED) is 0.490. The van der Waals surface area contributed by atoms with E-state index in [4.69, 9.17) is 20.2 Å². The molecule has 0 bridgehead atoms. The number of esters is 1. The SMILES string of the molecule is CC[C@@]1(C)OC(=O)c2ccc(Nc3cc4c([C@](C)(N)C5CC5)cnc(OC5CC5)c4cn3)nc21. The van der Waals surface area contributed by atoms with Crippen LogP contribution in [0.25, 0.3) is 10.8 Å². The Labute approximate surface area is 198 Å². The first kappa shape index (κ1) is 21.3. The van der Waals surface area contributed by atoms with Gasteiger partial charge in [0.2, 0.25) is 5.88 Å². The molecule has 176 valence electrons. The fourth-order valence-corrected chi connectivity index (χ4v) is 4.72. The van der Waals surface area contributed by atoms with E-state index in [1.807, 2.05) is 26.1 Å². The number of pyridine rings is 3. The van der Waals surface area contributed by atoms with Crippen LogP contribution in [0.15, 0.2) is 30.6 Å². The van der Waals surface area contributed by atoms with Gasteiger partial charge < -0.3 is 20.5 Å². The summed E-state index contributed by atoms with van der Waals surface area (Å²) in [4.78, 5) is 26.2. The Morgan fingerprint density at radius 1 is 1.18 bits per heavy atom. The maximum atomic E-state index is 12.2. The van der Waals surface area contributed by atoms with Crippen molar-refractivity contribution in [2.75, 3.05) is 5.32 Å². The van der Waals surface area contributed by atoms with Gasteiger partial charge in [0, 0.05) is 17.9 Å². The molecule has 0 amide bonds. The first-order valence-electron chi connectivity index (χ1n) is 12.0. The number of hydrogen-bond acceptors (Lipinski definition) is 8. The third-order valence-electron chi connectivity index (χ3n) is 7.41. The fourth-order valence-electron chi connectivity index (χ4n) is 4.72. The largest absolute Gasteiger partial charge is 0.474 e. The smallest absolute Gasteiger partial charge is 0.341 e. The number of nitrogens with two attached hydrogens (primary N) is 1. The lowest BCUT2D eigenvalue weighted by Crippen LogP contribution is -2.35. The van der Waals surface area contributed by atoms with Crippen molar-refractivity contribution in [2.45, 2.75) is 70.1 Å². The molecule has 1 aliphatic heterocycles. The molecule has 0 saturated heterocycles. The maximum Gasteiger partial charge on any atom is 0.341 e. The molecule has 0 spiro atoms. The van der Waals surface area contributed by atoms with Gasteiger partial charge in [0.25, 0.3) is 0 Å². The average Bonchev–Trinajstić information content (AvgIpc) is 3.73. The van der Waals surface area contributed by atoms with Crippen LogP contribution >= 0.6 is 0 Å². The highest BCUT2D eigenvalue weighted by Crippen LogP contribution is 2.46. The van der Waals surface area contributed by atoms with E-state index >= 15 is 0 Å². The second kappa shape index (κ2) is 7.37. The number of anilines is 2. The Hall–Kier alpha value is -3.26. The minimum Gasteiger partial charge on any atom is -0.474 e. The summed E-state index contributed by atoms with van der Waals surface area (Å²) in [7, 11) is 0. The maximum absolute atomic E-state index is 12.2. The number of rotatable bonds is 7. The van der Waals surface area contributed by atoms with Crippen LogP contribution in [0, 0.1) is 5.92 Å². The number of cyclic esters (lactones) is 1. The number of nitrogens with one attached hydrogen (secondary N) is 1. The van der Waals surface area contributed by atoms with Crippen LogP contribution < -0.4 is 15.8 Å². The van der Waals surface area contributed by atoms with E-state index in [1.165, 1.54) is 0 Å². The van der Waals surface area contributed by atoms with Crippen LogP contribution in [0.4, 0.5) is 11.6 Å². The second-order valence-corrected chi connectivity index (χ2v) is 10.2. The summed E-state index contributed by atoms with van der Waals surface area (Å²) in [6.07, 6.45) is 8.91. The summed E-state index contributed by atoms with van der Waals surface area (Å²) in [5.74, 6) is 1.97. The molecule has 8 heteroatoms. The van der Waals surface area contributed by atoms with Crippen molar-refractivity contribution >= 4 is 28.4 Å². The van der Waals surface area contributed by atoms with Crippen LogP contribution in [0.3, 0.4) is 0 Å². The zero-order chi connectivity index (χ0) is 23.7. The van der Waals surface area contributed by atoms with Gasteiger partial charge >= 0.3 is 5.97 Å². The van der Waals surface area contributed by atoms with Crippen LogP contribution in [-0.2, 0) is 15.9 Å². The molecule has 2 atom stereocenters. The van der Waals surface area contributed by atoms with Crippen LogP contribution in [0.1, 0.15) is 74.5 Å². The molecule has 0 unspecified atom stereocenters. The predicted octanol–water partition coefficient (Wildman–Crippen LogP) is 4.69. The number of ether oxygens (including phenoxy) is 2. The van der Waals surface area contributed by atoms with Crippen molar-refractivity contribution in [1.29, 1.82) is 0 Å². The molecule has 8 nitrogen and oxygen atoms in total. The van der Waals surface area contributed by atoms with Crippen LogP contribution in [-0.4, -0.2) is 27.0 Å². The number of fused-ring (bicyclic) bond motifs is 2. The van der Waals surface area contributed by atoms with E-state index in [0.717, 1.165) is 42.0 Å².